The van der Waals surface area contributed by atoms with E-state index in [9.17, 15) is 4.79 Å². The Kier molecular flexibility index (Phi) is 5.83. The summed E-state index contributed by atoms with van der Waals surface area (Å²) >= 11 is 3.42. The minimum Gasteiger partial charge on any atom is -0.300 e. The molecule has 0 aromatic carbocycles. The highest BCUT2D eigenvalue weighted by atomic mass is 79.9. The van der Waals surface area contributed by atoms with Crippen LogP contribution in [0.3, 0.4) is 0 Å². The van der Waals surface area contributed by atoms with Gasteiger partial charge in [0, 0.05) is 11.8 Å². The van der Waals surface area contributed by atoms with Crippen molar-refractivity contribution < 1.29 is 4.79 Å². The zero-order valence-corrected chi connectivity index (χ0v) is 9.15. The maximum atomic E-state index is 10.8. The predicted octanol–water partition coefficient (Wildman–Crippen LogP) is 3.02. The van der Waals surface area contributed by atoms with Gasteiger partial charge in [0.25, 0.3) is 0 Å². The number of carbonyl (C=O) groups excluding carboxylic acids is 1. The Morgan fingerprint density at radius 1 is 1.45 bits per heavy atom. The van der Waals surface area contributed by atoms with Crippen LogP contribution in [-0.4, -0.2) is 11.1 Å². The lowest BCUT2D eigenvalue weighted by atomic mass is 9.95. The number of halogens is 1. The van der Waals surface area contributed by atoms with Gasteiger partial charge in [-0.3, -0.25) is 0 Å². The molecule has 2 heteroatoms. The summed E-state index contributed by atoms with van der Waals surface area (Å²) in [6.45, 7) is 6.04. The Balaban J connectivity index is 3.66. The van der Waals surface area contributed by atoms with Crippen LogP contribution >= 0.6 is 15.9 Å². The van der Waals surface area contributed by atoms with E-state index in [1.165, 1.54) is 0 Å². The lowest BCUT2D eigenvalue weighted by Crippen LogP contribution is -2.10. The first-order valence-corrected chi connectivity index (χ1v) is 5.23. The van der Waals surface area contributed by atoms with Gasteiger partial charge < -0.3 is 4.79 Å². The summed E-state index contributed by atoms with van der Waals surface area (Å²) in [5.74, 6) is 1.53. The van der Waals surface area contributed by atoms with Gasteiger partial charge in [0.15, 0.2) is 0 Å². The first-order chi connectivity index (χ1) is 5.06. The molecule has 0 bridgehead atoms. The summed E-state index contributed by atoms with van der Waals surface area (Å²) in [6, 6.07) is 0. The summed E-state index contributed by atoms with van der Waals surface area (Å²) < 4.78 is 0. The molecule has 0 N–H and O–H groups in total. The highest BCUT2D eigenvalue weighted by molar-refractivity contribution is 9.09. The third-order valence-corrected chi connectivity index (χ3v) is 2.51. The van der Waals surface area contributed by atoms with E-state index in [0.717, 1.165) is 18.2 Å². The molecule has 0 heterocycles. The van der Waals surface area contributed by atoms with Crippen LogP contribution in [0.25, 0.3) is 0 Å². The standard InChI is InChI=1S/C9H17BrO/c1-7(2)4-9(6-10)5-8(3)11/h7,9H,4-6H2,1-3H3. The molecular formula is C9H17BrO. The Hall–Kier alpha value is 0.150. The third-order valence-electron chi connectivity index (χ3n) is 1.60. The molecule has 66 valence electrons. The van der Waals surface area contributed by atoms with Crippen molar-refractivity contribution >= 4 is 21.7 Å². The van der Waals surface area contributed by atoms with E-state index in [1.54, 1.807) is 6.92 Å². The monoisotopic (exact) mass is 220 g/mol. The van der Waals surface area contributed by atoms with E-state index >= 15 is 0 Å². The molecule has 0 rings (SSSR count). The number of Topliss-reactive ketones (excluding diaryl/α,β-unsaturated/α-hetero) is 1. The summed E-state index contributed by atoms with van der Waals surface area (Å²) in [7, 11) is 0. The molecule has 0 spiro atoms. The molecule has 11 heavy (non-hydrogen) atoms. The predicted molar refractivity (Wildman–Crippen MR) is 52.0 cm³/mol. The van der Waals surface area contributed by atoms with Crippen LogP contribution in [0, 0.1) is 11.8 Å². The minimum absolute atomic E-state index is 0.301. The van der Waals surface area contributed by atoms with Crippen molar-refractivity contribution in [2.75, 3.05) is 5.33 Å². The Morgan fingerprint density at radius 3 is 2.27 bits per heavy atom. The molecule has 0 aromatic rings. The molecule has 0 aliphatic heterocycles. The van der Waals surface area contributed by atoms with Crippen molar-refractivity contribution in [1.82, 2.24) is 0 Å². The zero-order valence-electron chi connectivity index (χ0n) is 7.56. The van der Waals surface area contributed by atoms with Crippen LogP contribution in [0.4, 0.5) is 0 Å². The fourth-order valence-corrected chi connectivity index (χ4v) is 1.77. The second kappa shape index (κ2) is 5.76. The van der Waals surface area contributed by atoms with Crippen LogP contribution in [0.1, 0.15) is 33.6 Å². The molecule has 0 aliphatic rings. The van der Waals surface area contributed by atoms with Crippen molar-refractivity contribution in [2.24, 2.45) is 11.8 Å². The topological polar surface area (TPSA) is 17.1 Å². The Bertz CT molecular complexity index is 121. The molecule has 0 aliphatic carbocycles. The SMILES string of the molecule is CC(=O)CC(CBr)CC(C)C. The molecule has 0 fully saturated rings. The van der Waals surface area contributed by atoms with Gasteiger partial charge in [-0.25, -0.2) is 0 Å². The maximum absolute atomic E-state index is 10.8. The van der Waals surface area contributed by atoms with E-state index in [2.05, 4.69) is 29.8 Å². The van der Waals surface area contributed by atoms with Crippen molar-refractivity contribution in [3.8, 4) is 0 Å². The lowest BCUT2D eigenvalue weighted by molar-refractivity contribution is -0.117. The summed E-state index contributed by atoms with van der Waals surface area (Å²) in [6.07, 6.45) is 1.87. The summed E-state index contributed by atoms with van der Waals surface area (Å²) in [4.78, 5) is 10.8. The highest BCUT2D eigenvalue weighted by Crippen LogP contribution is 2.17. The van der Waals surface area contributed by atoms with E-state index in [4.69, 9.17) is 0 Å². The van der Waals surface area contributed by atoms with Crippen molar-refractivity contribution in [1.29, 1.82) is 0 Å². The number of ketones is 1. The second-order valence-corrected chi connectivity index (χ2v) is 4.20. The van der Waals surface area contributed by atoms with Crippen molar-refractivity contribution in [2.45, 2.75) is 33.6 Å². The molecule has 0 aromatic heterocycles. The van der Waals surface area contributed by atoms with E-state index in [1.807, 2.05) is 0 Å². The quantitative estimate of drug-likeness (QED) is 0.652. The fourth-order valence-electron chi connectivity index (χ4n) is 1.27. The van der Waals surface area contributed by atoms with Crippen molar-refractivity contribution in [3.63, 3.8) is 0 Å². The average Bonchev–Trinajstić information content (AvgIpc) is 1.84. The molecular weight excluding hydrogens is 204 g/mol. The van der Waals surface area contributed by atoms with Gasteiger partial charge in [-0.1, -0.05) is 29.8 Å². The Labute approximate surface area is 77.7 Å². The number of alkyl halides is 1. The van der Waals surface area contributed by atoms with Crippen molar-refractivity contribution in [3.05, 3.63) is 0 Å². The maximum Gasteiger partial charge on any atom is 0.130 e. The van der Waals surface area contributed by atoms with Crippen LogP contribution < -0.4 is 0 Å². The zero-order chi connectivity index (χ0) is 8.85. The van der Waals surface area contributed by atoms with Gasteiger partial charge in [-0.15, -0.1) is 0 Å². The highest BCUT2D eigenvalue weighted by Gasteiger charge is 2.11. The number of hydrogen-bond acceptors (Lipinski definition) is 1. The first kappa shape index (κ1) is 11.2. The number of rotatable bonds is 5. The minimum atomic E-state index is 0.301. The normalized spacial score (nSPS) is 13.5. The molecule has 1 nitrogen and oxygen atoms in total. The van der Waals surface area contributed by atoms with Gasteiger partial charge in [0.2, 0.25) is 0 Å². The van der Waals surface area contributed by atoms with E-state index in [0.29, 0.717) is 17.6 Å². The van der Waals surface area contributed by atoms with Crippen LogP contribution in [0.15, 0.2) is 0 Å². The van der Waals surface area contributed by atoms with Gasteiger partial charge >= 0.3 is 0 Å². The van der Waals surface area contributed by atoms with Crippen LogP contribution in [0.2, 0.25) is 0 Å². The second-order valence-electron chi connectivity index (χ2n) is 3.56. The van der Waals surface area contributed by atoms with Gasteiger partial charge in [-0.2, -0.15) is 0 Å². The molecule has 0 radical (unpaired) electrons. The lowest BCUT2D eigenvalue weighted by Gasteiger charge is -2.13. The van der Waals surface area contributed by atoms with Crippen LogP contribution in [0.5, 0.6) is 0 Å². The average molecular weight is 221 g/mol. The fraction of sp³-hybridized carbons (Fsp3) is 0.889. The third kappa shape index (κ3) is 6.54. The largest absolute Gasteiger partial charge is 0.300 e. The molecule has 0 saturated heterocycles. The number of carbonyl (C=O) groups is 1. The summed E-state index contributed by atoms with van der Waals surface area (Å²) in [5.41, 5.74) is 0. The Morgan fingerprint density at radius 2 is 2.00 bits per heavy atom. The summed E-state index contributed by atoms with van der Waals surface area (Å²) in [5, 5.41) is 0.949. The van der Waals surface area contributed by atoms with Gasteiger partial charge in [0.1, 0.15) is 5.78 Å². The van der Waals surface area contributed by atoms with E-state index < -0.39 is 0 Å². The smallest absolute Gasteiger partial charge is 0.130 e. The van der Waals surface area contributed by atoms with Gasteiger partial charge in [0.05, 0.1) is 0 Å². The van der Waals surface area contributed by atoms with Gasteiger partial charge in [-0.05, 0) is 25.2 Å². The molecule has 1 unspecified atom stereocenters. The van der Waals surface area contributed by atoms with Crippen LogP contribution in [-0.2, 0) is 4.79 Å². The number of hydrogen-bond donors (Lipinski definition) is 0. The molecule has 0 amide bonds. The molecule has 1 atom stereocenters. The first-order valence-electron chi connectivity index (χ1n) is 4.11. The molecule has 0 saturated carbocycles. The van der Waals surface area contributed by atoms with E-state index in [-0.39, 0.29) is 0 Å².